The Kier molecular flexibility index (Phi) is 4.36. The predicted molar refractivity (Wildman–Crippen MR) is 99.7 cm³/mol. The van der Waals surface area contributed by atoms with Crippen molar-refractivity contribution >= 4 is 34.2 Å². The number of para-hydroxylation sites is 2. The number of aryl methyl sites for hydroxylation is 1. The Bertz CT molecular complexity index is 924. The molecule has 0 aliphatic heterocycles. The molecule has 0 bridgehead atoms. The average molecular weight is 352 g/mol. The largest absolute Gasteiger partial charge is 0.431 e. The number of hydrogen-bond donors (Lipinski definition) is 0. The van der Waals surface area contributed by atoms with E-state index < -0.39 is 0 Å². The Morgan fingerprint density at radius 3 is 2.71 bits per heavy atom. The molecule has 120 valence electrons. The molecule has 5 heteroatoms. The van der Waals surface area contributed by atoms with Crippen LogP contribution in [0.5, 0.6) is 0 Å². The fraction of sp³-hybridized carbons (Fsp3) is 0.158. The highest BCUT2D eigenvalue weighted by Gasteiger charge is 2.08. The molecule has 0 aliphatic carbocycles. The van der Waals surface area contributed by atoms with Crippen LogP contribution < -0.4 is 0 Å². The van der Waals surface area contributed by atoms with Gasteiger partial charge in [-0.25, -0.2) is 9.97 Å². The van der Waals surface area contributed by atoms with Gasteiger partial charge in [0.15, 0.2) is 5.58 Å². The van der Waals surface area contributed by atoms with Crippen molar-refractivity contribution in [1.29, 1.82) is 0 Å². The van der Waals surface area contributed by atoms with E-state index in [-0.39, 0.29) is 0 Å². The summed E-state index contributed by atoms with van der Waals surface area (Å²) < 4.78 is 5.73. The van der Waals surface area contributed by atoms with Crippen LogP contribution in [0.2, 0.25) is 0 Å². The normalized spacial score (nSPS) is 11.2. The van der Waals surface area contributed by atoms with Crippen LogP contribution in [0.3, 0.4) is 0 Å². The van der Waals surface area contributed by atoms with Crippen LogP contribution in [0, 0.1) is 6.92 Å². The van der Waals surface area contributed by atoms with Crippen molar-refractivity contribution in [3.8, 4) is 0 Å². The van der Waals surface area contributed by atoms with Crippen molar-refractivity contribution in [2.75, 3.05) is 0 Å². The van der Waals surface area contributed by atoms with E-state index in [2.05, 4.69) is 41.6 Å². The second-order valence-corrected chi connectivity index (χ2v) is 7.50. The van der Waals surface area contributed by atoms with Crippen molar-refractivity contribution in [3.05, 3.63) is 75.7 Å². The Balaban J connectivity index is 1.40. The molecular formula is C19H16N2OS2. The Labute approximate surface area is 148 Å². The highest BCUT2D eigenvalue weighted by Crippen LogP contribution is 2.27. The van der Waals surface area contributed by atoms with E-state index in [1.54, 1.807) is 23.1 Å². The van der Waals surface area contributed by atoms with Gasteiger partial charge in [0.2, 0.25) is 0 Å². The molecule has 4 rings (SSSR count). The van der Waals surface area contributed by atoms with Crippen LogP contribution in [0.1, 0.15) is 21.8 Å². The summed E-state index contributed by atoms with van der Waals surface area (Å²) in [6, 6.07) is 16.5. The number of rotatable bonds is 5. The van der Waals surface area contributed by atoms with Crippen LogP contribution in [0.15, 0.2) is 63.6 Å². The first kappa shape index (κ1) is 15.4. The lowest BCUT2D eigenvalue weighted by Crippen LogP contribution is -1.88. The maximum Gasteiger partial charge on any atom is 0.257 e. The third kappa shape index (κ3) is 3.52. The standard InChI is InChI=1S/C19H16N2OS2/c1-13-6-8-14(9-7-13)10-18-20-15(11-23-18)12-24-19-21-16-4-2-3-5-17(16)22-19/h2-9,11H,10,12H2,1H3. The minimum absolute atomic E-state index is 0.698. The monoisotopic (exact) mass is 352 g/mol. The molecule has 2 aromatic carbocycles. The minimum Gasteiger partial charge on any atom is -0.431 e. The smallest absolute Gasteiger partial charge is 0.257 e. The summed E-state index contributed by atoms with van der Waals surface area (Å²) in [6.45, 7) is 2.11. The van der Waals surface area contributed by atoms with Crippen molar-refractivity contribution in [2.45, 2.75) is 24.3 Å². The zero-order chi connectivity index (χ0) is 16.4. The molecule has 0 amide bonds. The first-order valence-electron chi connectivity index (χ1n) is 7.73. The van der Waals surface area contributed by atoms with Gasteiger partial charge in [-0.15, -0.1) is 11.3 Å². The molecule has 0 unspecified atom stereocenters. The summed E-state index contributed by atoms with van der Waals surface area (Å²) in [5.74, 6) is 0.775. The molecule has 0 aliphatic rings. The van der Waals surface area contributed by atoms with Crippen LogP contribution in [-0.4, -0.2) is 9.97 Å². The average Bonchev–Trinajstić information content (AvgIpc) is 3.21. The van der Waals surface area contributed by atoms with Gasteiger partial charge in [-0.05, 0) is 24.6 Å². The van der Waals surface area contributed by atoms with Crippen LogP contribution >= 0.6 is 23.1 Å². The molecule has 0 saturated heterocycles. The van der Waals surface area contributed by atoms with Gasteiger partial charge in [-0.2, -0.15) is 0 Å². The highest BCUT2D eigenvalue weighted by molar-refractivity contribution is 7.98. The number of oxazole rings is 1. The van der Waals surface area contributed by atoms with Gasteiger partial charge in [0, 0.05) is 17.6 Å². The van der Waals surface area contributed by atoms with E-state index in [1.165, 1.54) is 11.1 Å². The molecule has 0 N–H and O–H groups in total. The summed E-state index contributed by atoms with van der Waals surface area (Å²) in [7, 11) is 0. The lowest BCUT2D eigenvalue weighted by molar-refractivity contribution is 0.489. The summed E-state index contributed by atoms with van der Waals surface area (Å²) in [5.41, 5.74) is 5.40. The molecule has 4 aromatic rings. The van der Waals surface area contributed by atoms with Crippen molar-refractivity contribution in [1.82, 2.24) is 9.97 Å². The van der Waals surface area contributed by atoms with Gasteiger partial charge in [0.25, 0.3) is 5.22 Å². The van der Waals surface area contributed by atoms with Crippen LogP contribution in [0.4, 0.5) is 0 Å². The lowest BCUT2D eigenvalue weighted by atomic mass is 10.1. The first-order chi connectivity index (χ1) is 11.8. The van der Waals surface area contributed by atoms with E-state index in [1.807, 2.05) is 24.3 Å². The molecule has 24 heavy (non-hydrogen) atoms. The van der Waals surface area contributed by atoms with Gasteiger partial charge < -0.3 is 4.42 Å². The minimum atomic E-state index is 0.698. The van der Waals surface area contributed by atoms with Crippen molar-refractivity contribution in [3.63, 3.8) is 0 Å². The van der Waals surface area contributed by atoms with Crippen LogP contribution in [-0.2, 0) is 12.2 Å². The van der Waals surface area contributed by atoms with Gasteiger partial charge >= 0.3 is 0 Å². The fourth-order valence-corrected chi connectivity index (χ4v) is 4.09. The Hall–Kier alpha value is -2.11. The molecule has 0 spiro atoms. The number of benzene rings is 2. The number of nitrogens with zero attached hydrogens (tertiary/aromatic N) is 2. The van der Waals surface area contributed by atoms with Gasteiger partial charge in [0.05, 0.1) is 10.7 Å². The number of fused-ring (bicyclic) bond motifs is 1. The maximum atomic E-state index is 5.73. The summed E-state index contributed by atoms with van der Waals surface area (Å²) in [6.07, 6.45) is 0.887. The second-order valence-electron chi connectivity index (χ2n) is 5.63. The summed E-state index contributed by atoms with van der Waals surface area (Å²) >= 11 is 3.30. The molecule has 0 atom stereocenters. The Morgan fingerprint density at radius 1 is 1.04 bits per heavy atom. The van der Waals surface area contributed by atoms with Gasteiger partial charge in [-0.1, -0.05) is 53.7 Å². The van der Waals surface area contributed by atoms with Crippen molar-refractivity contribution < 1.29 is 4.42 Å². The number of thiazole rings is 1. The molecule has 2 heterocycles. The van der Waals surface area contributed by atoms with E-state index in [0.29, 0.717) is 5.22 Å². The summed E-state index contributed by atoms with van der Waals surface area (Å²) in [4.78, 5) is 9.21. The predicted octanol–water partition coefficient (Wildman–Crippen LogP) is 5.48. The van der Waals surface area contributed by atoms with E-state index in [0.717, 1.165) is 34.0 Å². The van der Waals surface area contributed by atoms with Gasteiger partial charge in [0.1, 0.15) is 5.52 Å². The second kappa shape index (κ2) is 6.79. The SMILES string of the molecule is Cc1ccc(Cc2nc(CSc3nc4ccccc4o3)cs2)cc1. The number of thioether (sulfide) groups is 1. The van der Waals surface area contributed by atoms with Crippen LogP contribution in [0.25, 0.3) is 11.1 Å². The van der Waals surface area contributed by atoms with Gasteiger partial charge in [-0.3, -0.25) is 0 Å². The molecule has 2 aromatic heterocycles. The zero-order valence-corrected chi connectivity index (χ0v) is 14.9. The van der Waals surface area contributed by atoms with E-state index in [9.17, 15) is 0 Å². The quantitative estimate of drug-likeness (QED) is 0.446. The third-order valence-electron chi connectivity index (χ3n) is 3.69. The lowest BCUT2D eigenvalue weighted by Gasteiger charge is -1.98. The Morgan fingerprint density at radius 2 is 1.88 bits per heavy atom. The molecule has 3 nitrogen and oxygen atoms in total. The molecule has 0 saturated carbocycles. The topological polar surface area (TPSA) is 38.9 Å². The third-order valence-corrected chi connectivity index (χ3v) is 5.45. The molecule has 0 radical (unpaired) electrons. The summed E-state index contributed by atoms with van der Waals surface area (Å²) in [5, 5.41) is 3.97. The van der Waals surface area contributed by atoms with Crippen molar-refractivity contribution in [2.24, 2.45) is 0 Å². The molecular weight excluding hydrogens is 336 g/mol. The number of hydrogen-bond acceptors (Lipinski definition) is 5. The highest BCUT2D eigenvalue weighted by atomic mass is 32.2. The maximum absolute atomic E-state index is 5.73. The zero-order valence-electron chi connectivity index (χ0n) is 13.2. The fourth-order valence-electron chi connectivity index (χ4n) is 2.43. The molecule has 0 fully saturated rings. The first-order valence-corrected chi connectivity index (χ1v) is 9.60. The number of aromatic nitrogens is 2. The van der Waals surface area contributed by atoms with E-state index >= 15 is 0 Å². The van der Waals surface area contributed by atoms with E-state index in [4.69, 9.17) is 9.40 Å².